The van der Waals surface area contributed by atoms with Crippen LogP contribution in [-0.4, -0.2) is 38.8 Å². The molecule has 0 fully saturated rings. The smallest absolute Gasteiger partial charge is 0.265 e. The Bertz CT molecular complexity index is 890. The van der Waals surface area contributed by atoms with Gasteiger partial charge in [-0.3, -0.25) is 4.79 Å². The molecular formula is C19H24N2O4S. The molecule has 0 aliphatic heterocycles. The number of ether oxygens (including phenoxy) is 1. The molecule has 140 valence electrons. The molecule has 6 nitrogen and oxygen atoms in total. The normalized spacial score (nSPS) is 12.7. The molecule has 0 spiro atoms. The molecule has 1 atom stereocenters. The number of carbonyl (C=O) groups is 1. The molecule has 0 aromatic heterocycles. The SMILES string of the molecule is Cc1ccc(OC(C)C(=O)Nc2ccc(C)c(S(=O)(=O)N(C)C)c2)cc1. The summed E-state index contributed by atoms with van der Waals surface area (Å²) in [5.74, 6) is 0.237. The summed E-state index contributed by atoms with van der Waals surface area (Å²) in [7, 11) is -0.648. The lowest BCUT2D eigenvalue weighted by atomic mass is 10.2. The van der Waals surface area contributed by atoms with E-state index in [0.29, 0.717) is 17.0 Å². The number of amides is 1. The zero-order chi connectivity index (χ0) is 19.5. The van der Waals surface area contributed by atoms with E-state index >= 15 is 0 Å². The summed E-state index contributed by atoms with van der Waals surface area (Å²) in [6, 6.07) is 12.2. The molecule has 0 radical (unpaired) electrons. The first kappa shape index (κ1) is 19.9. The third-order valence-corrected chi connectivity index (χ3v) is 5.87. The molecule has 0 saturated heterocycles. The minimum Gasteiger partial charge on any atom is -0.481 e. The van der Waals surface area contributed by atoms with Crippen LogP contribution in [0.2, 0.25) is 0 Å². The number of carbonyl (C=O) groups excluding carboxylic acids is 1. The predicted octanol–water partition coefficient (Wildman–Crippen LogP) is 2.96. The summed E-state index contributed by atoms with van der Waals surface area (Å²) >= 11 is 0. The minimum atomic E-state index is -3.59. The molecule has 7 heteroatoms. The lowest BCUT2D eigenvalue weighted by Crippen LogP contribution is -2.30. The largest absolute Gasteiger partial charge is 0.481 e. The highest BCUT2D eigenvalue weighted by atomic mass is 32.2. The van der Waals surface area contributed by atoms with Gasteiger partial charge in [-0.1, -0.05) is 23.8 Å². The quantitative estimate of drug-likeness (QED) is 0.841. The second kappa shape index (κ2) is 7.88. The molecular weight excluding hydrogens is 352 g/mol. The van der Waals surface area contributed by atoms with Gasteiger partial charge in [-0.25, -0.2) is 12.7 Å². The van der Waals surface area contributed by atoms with Gasteiger partial charge in [0.15, 0.2) is 6.10 Å². The number of nitrogens with zero attached hydrogens (tertiary/aromatic N) is 1. The summed E-state index contributed by atoms with van der Waals surface area (Å²) in [4.78, 5) is 12.5. The van der Waals surface area contributed by atoms with E-state index in [1.807, 2.05) is 19.1 Å². The molecule has 2 aromatic carbocycles. The molecule has 0 aliphatic carbocycles. The van der Waals surface area contributed by atoms with Crippen LogP contribution < -0.4 is 10.1 Å². The summed E-state index contributed by atoms with van der Waals surface area (Å²) in [6.45, 7) is 5.32. The van der Waals surface area contributed by atoms with Crippen LogP contribution in [0.15, 0.2) is 47.4 Å². The molecule has 0 bridgehead atoms. The first-order valence-electron chi connectivity index (χ1n) is 8.18. The Morgan fingerprint density at radius 3 is 2.27 bits per heavy atom. The maximum absolute atomic E-state index is 12.4. The van der Waals surface area contributed by atoms with Gasteiger partial charge in [-0.15, -0.1) is 0 Å². The molecule has 26 heavy (non-hydrogen) atoms. The maximum Gasteiger partial charge on any atom is 0.265 e. The fraction of sp³-hybridized carbons (Fsp3) is 0.316. The van der Waals surface area contributed by atoms with Gasteiger partial charge in [-0.2, -0.15) is 0 Å². The summed E-state index contributed by atoms with van der Waals surface area (Å²) in [5, 5.41) is 2.71. The Hall–Kier alpha value is -2.38. The number of sulfonamides is 1. The zero-order valence-electron chi connectivity index (χ0n) is 15.6. The Kier molecular flexibility index (Phi) is 6.05. The lowest BCUT2D eigenvalue weighted by Gasteiger charge is -2.17. The third-order valence-electron chi connectivity index (χ3n) is 3.92. The standard InChI is InChI=1S/C19H24N2O4S/c1-13-6-10-17(11-7-13)25-15(3)19(22)20-16-9-8-14(2)18(12-16)26(23,24)21(4)5/h6-12,15H,1-5H3,(H,20,22). The third kappa shape index (κ3) is 4.62. The van der Waals surface area contributed by atoms with Gasteiger partial charge < -0.3 is 10.1 Å². The maximum atomic E-state index is 12.4. The second-order valence-corrected chi connectivity index (χ2v) is 8.45. The number of nitrogens with one attached hydrogen (secondary N) is 1. The molecule has 0 saturated carbocycles. The number of hydrogen-bond acceptors (Lipinski definition) is 4. The molecule has 1 unspecified atom stereocenters. The highest BCUT2D eigenvalue weighted by Crippen LogP contribution is 2.23. The van der Waals surface area contributed by atoms with Crippen LogP contribution in [0.3, 0.4) is 0 Å². The number of hydrogen-bond donors (Lipinski definition) is 1. The predicted molar refractivity (Wildman–Crippen MR) is 102 cm³/mol. The molecule has 0 heterocycles. The number of rotatable bonds is 6. The number of benzene rings is 2. The summed E-state index contributed by atoms with van der Waals surface area (Å²) in [6.07, 6.45) is -0.729. The van der Waals surface area contributed by atoms with Crippen molar-refractivity contribution in [3.05, 3.63) is 53.6 Å². The second-order valence-electron chi connectivity index (χ2n) is 6.33. The van der Waals surface area contributed by atoms with Crippen molar-refractivity contribution in [1.29, 1.82) is 0 Å². The molecule has 1 N–H and O–H groups in total. The molecule has 1 amide bonds. The number of aryl methyl sites for hydroxylation is 2. The Morgan fingerprint density at radius 1 is 1.08 bits per heavy atom. The Balaban J connectivity index is 2.15. The van der Waals surface area contributed by atoms with Gasteiger partial charge in [0.2, 0.25) is 10.0 Å². The molecule has 2 aromatic rings. The van der Waals surface area contributed by atoms with E-state index in [1.54, 1.807) is 38.1 Å². The fourth-order valence-electron chi connectivity index (χ4n) is 2.27. The highest BCUT2D eigenvalue weighted by molar-refractivity contribution is 7.89. The van der Waals surface area contributed by atoms with Crippen molar-refractivity contribution in [3.63, 3.8) is 0 Å². The van der Waals surface area contributed by atoms with Crippen LogP contribution in [0.4, 0.5) is 5.69 Å². The summed E-state index contributed by atoms with van der Waals surface area (Å²) < 4.78 is 31.5. The van der Waals surface area contributed by atoms with Crippen LogP contribution in [0.1, 0.15) is 18.1 Å². The molecule has 0 aliphatic rings. The van der Waals surface area contributed by atoms with E-state index in [1.165, 1.54) is 20.2 Å². The fourth-order valence-corrected chi connectivity index (χ4v) is 3.42. The van der Waals surface area contributed by atoms with Crippen LogP contribution in [0.5, 0.6) is 5.75 Å². The van der Waals surface area contributed by atoms with Gasteiger partial charge in [0.25, 0.3) is 5.91 Å². The summed E-state index contributed by atoms with van der Waals surface area (Å²) in [5.41, 5.74) is 2.12. The van der Waals surface area contributed by atoms with Gasteiger partial charge >= 0.3 is 0 Å². The van der Waals surface area contributed by atoms with Crippen LogP contribution >= 0.6 is 0 Å². The van der Waals surface area contributed by atoms with Gasteiger partial charge in [-0.05, 0) is 50.6 Å². The van der Waals surface area contributed by atoms with E-state index in [4.69, 9.17) is 4.74 Å². The topological polar surface area (TPSA) is 75.7 Å². The first-order chi connectivity index (χ1) is 12.1. The van der Waals surface area contributed by atoms with Crippen molar-refractivity contribution in [1.82, 2.24) is 4.31 Å². The average Bonchev–Trinajstić information content (AvgIpc) is 2.58. The van der Waals surface area contributed by atoms with Crippen molar-refractivity contribution in [2.24, 2.45) is 0 Å². The van der Waals surface area contributed by atoms with Crippen molar-refractivity contribution in [2.45, 2.75) is 31.8 Å². The van der Waals surface area contributed by atoms with Crippen LogP contribution in [0.25, 0.3) is 0 Å². The van der Waals surface area contributed by atoms with Crippen LogP contribution in [0, 0.1) is 13.8 Å². The average molecular weight is 376 g/mol. The lowest BCUT2D eigenvalue weighted by molar-refractivity contribution is -0.122. The van der Waals surface area contributed by atoms with E-state index in [0.717, 1.165) is 9.87 Å². The van der Waals surface area contributed by atoms with Gasteiger partial charge in [0.05, 0.1) is 4.90 Å². The van der Waals surface area contributed by atoms with E-state index < -0.39 is 16.1 Å². The Labute approximate surface area is 154 Å². The van der Waals surface area contributed by atoms with Gasteiger partial charge in [0.1, 0.15) is 5.75 Å². The van der Waals surface area contributed by atoms with Crippen molar-refractivity contribution < 1.29 is 17.9 Å². The van der Waals surface area contributed by atoms with Crippen molar-refractivity contribution >= 4 is 21.6 Å². The number of anilines is 1. The van der Waals surface area contributed by atoms with Crippen molar-refractivity contribution in [2.75, 3.05) is 19.4 Å². The zero-order valence-corrected chi connectivity index (χ0v) is 16.4. The van der Waals surface area contributed by atoms with E-state index in [2.05, 4.69) is 5.32 Å². The Morgan fingerprint density at radius 2 is 1.69 bits per heavy atom. The highest BCUT2D eigenvalue weighted by Gasteiger charge is 2.21. The van der Waals surface area contributed by atoms with Gasteiger partial charge in [0, 0.05) is 19.8 Å². The molecule has 2 rings (SSSR count). The van der Waals surface area contributed by atoms with Crippen LogP contribution in [-0.2, 0) is 14.8 Å². The monoisotopic (exact) mass is 376 g/mol. The van der Waals surface area contributed by atoms with E-state index in [9.17, 15) is 13.2 Å². The van der Waals surface area contributed by atoms with E-state index in [-0.39, 0.29) is 10.8 Å². The minimum absolute atomic E-state index is 0.160. The first-order valence-corrected chi connectivity index (χ1v) is 9.62. The van der Waals surface area contributed by atoms with Crippen molar-refractivity contribution in [3.8, 4) is 5.75 Å².